The first-order valence-corrected chi connectivity index (χ1v) is 8.86. The first kappa shape index (κ1) is 17.2. The van der Waals surface area contributed by atoms with Crippen molar-refractivity contribution >= 4 is 11.8 Å². The Morgan fingerprint density at radius 1 is 0.840 bits per heavy atom. The standard InChI is InChI=1S/C21H24N2O2/c1-15-7-5-6-10-19(15)21(25)23-22-20(24)18-13-11-17(12-14-18)16-8-3-2-4-9-16/h2-10,17-18H,11-14H2,1H3,(H,22,24)(H,23,25). The molecular weight excluding hydrogens is 312 g/mol. The van der Waals surface area contributed by atoms with Crippen molar-refractivity contribution in [3.05, 3.63) is 71.3 Å². The molecule has 130 valence electrons. The fourth-order valence-corrected chi connectivity index (χ4v) is 3.53. The molecule has 1 aliphatic carbocycles. The van der Waals surface area contributed by atoms with E-state index in [-0.39, 0.29) is 17.7 Å². The van der Waals surface area contributed by atoms with Crippen LogP contribution in [0.4, 0.5) is 0 Å². The van der Waals surface area contributed by atoms with E-state index < -0.39 is 0 Å². The lowest BCUT2D eigenvalue weighted by Gasteiger charge is -2.28. The van der Waals surface area contributed by atoms with E-state index in [9.17, 15) is 9.59 Å². The Hall–Kier alpha value is -2.62. The van der Waals surface area contributed by atoms with E-state index in [2.05, 4.69) is 35.1 Å². The topological polar surface area (TPSA) is 58.2 Å². The van der Waals surface area contributed by atoms with Crippen LogP contribution >= 0.6 is 0 Å². The van der Waals surface area contributed by atoms with Gasteiger partial charge >= 0.3 is 0 Å². The fraction of sp³-hybridized carbons (Fsp3) is 0.333. The largest absolute Gasteiger partial charge is 0.273 e. The smallest absolute Gasteiger partial charge is 0.269 e. The highest BCUT2D eigenvalue weighted by atomic mass is 16.2. The van der Waals surface area contributed by atoms with Crippen LogP contribution in [-0.4, -0.2) is 11.8 Å². The highest BCUT2D eigenvalue weighted by Crippen LogP contribution is 2.35. The summed E-state index contributed by atoms with van der Waals surface area (Å²) in [6.07, 6.45) is 3.72. The molecule has 0 radical (unpaired) electrons. The molecule has 1 saturated carbocycles. The summed E-state index contributed by atoms with van der Waals surface area (Å²) in [7, 11) is 0. The zero-order chi connectivity index (χ0) is 17.6. The predicted molar refractivity (Wildman–Crippen MR) is 97.9 cm³/mol. The third-order valence-corrected chi connectivity index (χ3v) is 5.06. The van der Waals surface area contributed by atoms with Crippen molar-refractivity contribution in [2.75, 3.05) is 0 Å². The average molecular weight is 336 g/mol. The van der Waals surface area contributed by atoms with Crippen LogP contribution in [0.25, 0.3) is 0 Å². The molecule has 4 nitrogen and oxygen atoms in total. The summed E-state index contributed by atoms with van der Waals surface area (Å²) in [6, 6.07) is 17.8. The van der Waals surface area contributed by atoms with E-state index in [0.717, 1.165) is 31.2 Å². The maximum absolute atomic E-state index is 12.3. The maximum atomic E-state index is 12.3. The molecule has 2 amide bonds. The van der Waals surface area contributed by atoms with Gasteiger partial charge in [0.1, 0.15) is 0 Å². The van der Waals surface area contributed by atoms with Crippen LogP contribution in [-0.2, 0) is 4.79 Å². The molecule has 0 atom stereocenters. The van der Waals surface area contributed by atoms with Gasteiger partial charge in [-0.2, -0.15) is 0 Å². The molecule has 3 rings (SSSR count). The van der Waals surface area contributed by atoms with Crippen LogP contribution in [0.3, 0.4) is 0 Å². The Kier molecular flexibility index (Phi) is 5.49. The van der Waals surface area contributed by atoms with Crippen molar-refractivity contribution in [2.24, 2.45) is 5.92 Å². The number of carbonyl (C=O) groups is 2. The first-order chi connectivity index (χ1) is 12.1. The number of hydrogen-bond acceptors (Lipinski definition) is 2. The van der Waals surface area contributed by atoms with Crippen LogP contribution in [0.1, 0.15) is 53.1 Å². The number of aryl methyl sites for hydroxylation is 1. The van der Waals surface area contributed by atoms with Crippen LogP contribution < -0.4 is 10.9 Å². The molecule has 2 N–H and O–H groups in total. The van der Waals surface area contributed by atoms with Gasteiger partial charge in [0.05, 0.1) is 0 Å². The minimum Gasteiger partial charge on any atom is -0.273 e. The van der Waals surface area contributed by atoms with Gasteiger partial charge in [0, 0.05) is 11.5 Å². The van der Waals surface area contributed by atoms with E-state index in [1.807, 2.05) is 31.2 Å². The van der Waals surface area contributed by atoms with E-state index in [1.165, 1.54) is 5.56 Å². The van der Waals surface area contributed by atoms with E-state index in [0.29, 0.717) is 11.5 Å². The molecule has 1 fully saturated rings. The molecule has 0 saturated heterocycles. The van der Waals surface area contributed by atoms with Crippen molar-refractivity contribution in [1.29, 1.82) is 0 Å². The number of rotatable bonds is 3. The van der Waals surface area contributed by atoms with Crippen molar-refractivity contribution < 1.29 is 9.59 Å². The van der Waals surface area contributed by atoms with Gasteiger partial charge in [-0.3, -0.25) is 20.4 Å². The molecule has 2 aromatic rings. The highest BCUT2D eigenvalue weighted by Gasteiger charge is 2.27. The Morgan fingerprint density at radius 2 is 1.48 bits per heavy atom. The lowest BCUT2D eigenvalue weighted by Crippen LogP contribution is -2.45. The van der Waals surface area contributed by atoms with Crippen LogP contribution in [0.15, 0.2) is 54.6 Å². The normalized spacial score (nSPS) is 19.9. The molecule has 25 heavy (non-hydrogen) atoms. The number of nitrogens with one attached hydrogen (secondary N) is 2. The zero-order valence-corrected chi connectivity index (χ0v) is 14.5. The van der Waals surface area contributed by atoms with Crippen LogP contribution in [0.2, 0.25) is 0 Å². The number of carbonyl (C=O) groups excluding carboxylic acids is 2. The van der Waals surface area contributed by atoms with Gasteiger partial charge in [-0.25, -0.2) is 0 Å². The predicted octanol–water partition coefficient (Wildman–Crippen LogP) is 3.73. The second-order valence-electron chi connectivity index (χ2n) is 6.72. The molecule has 0 bridgehead atoms. The summed E-state index contributed by atoms with van der Waals surface area (Å²) in [5.74, 6) is 0.141. The molecule has 2 aromatic carbocycles. The van der Waals surface area contributed by atoms with Gasteiger partial charge in [-0.15, -0.1) is 0 Å². The monoisotopic (exact) mass is 336 g/mol. The van der Waals surface area contributed by atoms with Gasteiger partial charge in [-0.1, -0.05) is 48.5 Å². The summed E-state index contributed by atoms with van der Waals surface area (Å²) >= 11 is 0. The molecule has 0 aliphatic heterocycles. The van der Waals surface area contributed by atoms with Crippen molar-refractivity contribution in [1.82, 2.24) is 10.9 Å². The minimum absolute atomic E-state index is 0.0304. The van der Waals surface area contributed by atoms with Gasteiger partial charge in [0.15, 0.2) is 0 Å². The van der Waals surface area contributed by atoms with E-state index in [1.54, 1.807) is 6.07 Å². The molecule has 0 aromatic heterocycles. The Balaban J connectivity index is 1.48. The second-order valence-corrected chi connectivity index (χ2v) is 6.72. The molecule has 1 aliphatic rings. The molecule has 0 spiro atoms. The Labute approximate surface area is 148 Å². The first-order valence-electron chi connectivity index (χ1n) is 8.86. The van der Waals surface area contributed by atoms with Gasteiger partial charge in [0.2, 0.25) is 5.91 Å². The van der Waals surface area contributed by atoms with Crippen LogP contribution in [0.5, 0.6) is 0 Å². The lowest BCUT2D eigenvalue weighted by atomic mass is 9.78. The maximum Gasteiger partial charge on any atom is 0.269 e. The lowest BCUT2D eigenvalue weighted by molar-refractivity contribution is -0.126. The summed E-state index contributed by atoms with van der Waals surface area (Å²) in [4.78, 5) is 24.5. The number of hydrogen-bond donors (Lipinski definition) is 2. The summed E-state index contributed by atoms with van der Waals surface area (Å²) in [6.45, 7) is 1.88. The number of benzene rings is 2. The van der Waals surface area contributed by atoms with E-state index >= 15 is 0 Å². The molecule has 0 heterocycles. The Morgan fingerprint density at radius 3 is 2.16 bits per heavy atom. The SMILES string of the molecule is Cc1ccccc1C(=O)NNC(=O)C1CCC(c2ccccc2)CC1. The van der Waals surface area contributed by atoms with Crippen molar-refractivity contribution in [3.8, 4) is 0 Å². The summed E-state index contributed by atoms with van der Waals surface area (Å²) < 4.78 is 0. The summed E-state index contributed by atoms with van der Waals surface area (Å²) in [5, 5.41) is 0. The van der Waals surface area contributed by atoms with Crippen molar-refractivity contribution in [3.63, 3.8) is 0 Å². The summed E-state index contributed by atoms with van der Waals surface area (Å²) in [5.41, 5.74) is 7.96. The van der Waals surface area contributed by atoms with Gasteiger partial charge in [0.25, 0.3) is 5.91 Å². The zero-order valence-electron chi connectivity index (χ0n) is 14.5. The number of amides is 2. The van der Waals surface area contributed by atoms with Crippen molar-refractivity contribution in [2.45, 2.75) is 38.5 Å². The molecular formula is C21H24N2O2. The van der Waals surface area contributed by atoms with Gasteiger partial charge in [-0.05, 0) is 55.7 Å². The minimum atomic E-state index is -0.274. The van der Waals surface area contributed by atoms with E-state index in [4.69, 9.17) is 0 Å². The van der Waals surface area contributed by atoms with Gasteiger partial charge < -0.3 is 0 Å². The third-order valence-electron chi connectivity index (χ3n) is 5.06. The Bertz CT molecular complexity index is 735. The quantitative estimate of drug-likeness (QED) is 0.839. The van der Waals surface area contributed by atoms with Crippen LogP contribution in [0, 0.1) is 12.8 Å². The highest BCUT2D eigenvalue weighted by molar-refractivity contribution is 5.96. The third kappa shape index (κ3) is 4.27. The average Bonchev–Trinajstić information content (AvgIpc) is 2.67. The second kappa shape index (κ2) is 7.97. The fourth-order valence-electron chi connectivity index (χ4n) is 3.53. The molecule has 0 unspecified atom stereocenters. The number of hydrazine groups is 1. The molecule has 4 heteroatoms.